The van der Waals surface area contributed by atoms with Gasteiger partial charge in [0.2, 0.25) is 11.8 Å². The summed E-state index contributed by atoms with van der Waals surface area (Å²) in [6.45, 7) is 5.97. The number of carbonyl (C=O) groups is 2. The number of hydrogen-bond acceptors (Lipinski definition) is 6. The number of amides is 2. The maximum Gasteiger partial charge on any atom is 0.291 e. The lowest BCUT2D eigenvalue weighted by Crippen LogP contribution is -2.48. The van der Waals surface area contributed by atoms with Gasteiger partial charge in [0.05, 0.1) is 0 Å². The van der Waals surface area contributed by atoms with Gasteiger partial charge in [-0.1, -0.05) is 36.4 Å². The van der Waals surface area contributed by atoms with Gasteiger partial charge in [-0.05, 0) is 31.2 Å². The molecule has 1 aromatic heterocycles. The van der Waals surface area contributed by atoms with Crippen molar-refractivity contribution in [1.29, 1.82) is 0 Å². The third-order valence-corrected chi connectivity index (χ3v) is 5.50. The summed E-state index contributed by atoms with van der Waals surface area (Å²) in [5, 5.41) is 0. The van der Waals surface area contributed by atoms with E-state index in [1.54, 1.807) is 6.92 Å². The van der Waals surface area contributed by atoms with Gasteiger partial charge in [0, 0.05) is 50.4 Å². The van der Waals surface area contributed by atoms with Gasteiger partial charge in [-0.15, -0.1) is 0 Å². The van der Waals surface area contributed by atoms with E-state index in [1.165, 1.54) is 5.69 Å². The van der Waals surface area contributed by atoms with E-state index >= 15 is 0 Å². The van der Waals surface area contributed by atoms with Crippen molar-refractivity contribution in [2.24, 2.45) is 0 Å². The van der Waals surface area contributed by atoms with Crippen molar-refractivity contribution in [3.63, 3.8) is 0 Å². The lowest BCUT2D eigenvalue weighted by molar-refractivity contribution is -0.122. The number of benzene rings is 2. The highest BCUT2D eigenvalue weighted by Gasteiger charge is 2.20. The van der Waals surface area contributed by atoms with Crippen molar-refractivity contribution in [3.8, 4) is 11.5 Å². The van der Waals surface area contributed by atoms with Crippen molar-refractivity contribution >= 4 is 17.5 Å². The second-order valence-electron chi connectivity index (χ2n) is 7.71. The van der Waals surface area contributed by atoms with Crippen LogP contribution in [0.15, 0.2) is 65.1 Å². The number of nitrogens with one attached hydrogen (secondary N) is 2. The number of anilines is 1. The van der Waals surface area contributed by atoms with Crippen LogP contribution in [0.1, 0.15) is 22.7 Å². The number of nitrogens with zero attached hydrogens (tertiary/aromatic N) is 3. The van der Waals surface area contributed by atoms with Crippen molar-refractivity contribution in [2.75, 3.05) is 37.6 Å². The fraction of sp³-hybridized carbons (Fsp3) is 0.292. The molecule has 1 aliphatic heterocycles. The van der Waals surface area contributed by atoms with Crippen LogP contribution in [0.25, 0.3) is 11.5 Å². The smallest absolute Gasteiger partial charge is 0.291 e. The molecule has 1 saturated heterocycles. The zero-order valence-corrected chi connectivity index (χ0v) is 18.1. The van der Waals surface area contributed by atoms with E-state index in [1.807, 2.05) is 48.5 Å². The minimum Gasteiger partial charge on any atom is -0.441 e. The molecule has 3 aromatic rings. The Bertz CT molecular complexity index is 1040. The highest BCUT2D eigenvalue weighted by Crippen LogP contribution is 2.21. The molecule has 0 spiro atoms. The van der Waals surface area contributed by atoms with Crippen molar-refractivity contribution < 1.29 is 14.0 Å². The minimum absolute atomic E-state index is 0.154. The van der Waals surface area contributed by atoms with Crippen LogP contribution in [-0.2, 0) is 4.79 Å². The average Bonchev–Trinajstić information content (AvgIpc) is 3.24. The summed E-state index contributed by atoms with van der Waals surface area (Å²) in [5.41, 5.74) is 7.07. The molecule has 0 unspecified atom stereocenters. The molecule has 0 saturated carbocycles. The Kier molecular flexibility index (Phi) is 6.81. The van der Waals surface area contributed by atoms with Crippen LogP contribution in [0.5, 0.6) is 0 Å². The maximum atomic E-state index is 12.4. The third-order valence-electron chi connectivity index (χ3n) is 5.50. The molecule has 2 heterocycles. The first-order valence-corrected chi connectivity index (χ1v) is 10.7. The van der Waals surface area contributed by atoms with Crippen LogP contribution in [0.2, 0.25) is 0 Å². The number of hydrazine groups is 1. The molecule has 32 heavy (non-hydrogen) atoms. The number of oxazole rings is 1. The summed E-state index contributed by atoms with van der Waals surface area (Å²) in [4.78, 5) is 33.5. The van der Waals surface area contributed by atoms with E-state index in [4.69, 9.17) is 4.42 Å². The van der Waals surface area contributed by atoms with E-state index in [0.29, 0.717) is 24.6 Å². The van der Waals surface area contributed by atoms with Crippen LogP contribution in [0, 0.1) is 6.92 Å². The molecule has 0 radical (unpaired) electrons. The van der Waals surface area contributed by atoms with Gasteiger partial charge in [0.1, 0.15) is 5.76 Å². The summed E-state index contributed by atoms with van der Waals surface area (Å²) in [7, 11) is 0. The number of para-hydroxylation sites is 1. The quantitative estimate of drug-likeness (QED) is 0.581. The number of piperazine rings is 1. The summed E-state index contributed by atoms with van der Waals surface area (Å²) in [6, 6.07) is 19.7. The molecule has 166 valence electrons. The Balaban J connectivity index is 1.20. The molecular formula is C24H27N5O3. The molecule has 0 bridgehead atoms. The molecular weight excluding hydrogens is 406 g/mol. The Morgan fingerprint density at radius 2 is 1.59 bits per heavy atom. The van der Waals surface area contributed by atoms with Crippen molar-refractivity contribution in [3.05, 3.63) is 72.1 Å². The SMILES string of the molecule is Cc1oc(-c2ccccc2)nc1C(=O)NNC(=O)CCN1CCN(c2ccccc2)CC1. The van der Waals surface area contributed by atoms with Gasteiger partial charge in [0.15, 0.2) is 5.69 Å². The monoisotopic (exact) mass is 433 g/mol. The Labute approximate surface area is 187 Å². The predicted octanol–water partition coefficient (Wildman–Crippen LogP) is 2.62. The zero-order valence-electron chi connectivity index (χ0n) is 18.1. The molecule has 2 aromatic carbocycles. The van der Waals surface area contributed by atoms with Gasteiger partial charge < -0.3 is 9.32 Å². The predicted molar refractivity (Wildman–Crippen MR) is 122 cm³/mol. The Hall–Kier alpha value is -3.65. The molecule has 2 amide bonds. The summed E-state index contributed by atoms with van der Waals surface area (Å²) in [5.74, 6) is 0.0210. The van der Waals surface area contributed by atoms with Gasteiger partial charge in [-0.2, -0.15) is 0 Å². The molecule has 8 nitrogen and oxygen atoms in total. The maximum absolute atomic E-state index is 12.4. The lowest BCUT2D eigenvalue weighted by atomic mass is 10.2. The number of rotatable bonds is 6. The third kappa shape index (κ3) is 5.33. The van der Waals surface area contributed by atoms with Crippen molar-refractivity contribution in [1.82, 2.24) is 20.7 Å². The fourth-order valence-corrected chi connectivity index (χ4v) is 3.69. The highest BCUT2D eigenvalue weighted by molar-refractivity contribution is 5.94. The minimum atomic E-state index is -0.502. The standard InChI is InChI=1S/C24H27N5O3/c1-18-22(25-24(32-18)19-8-4-2-5-9-19)23(31)27-26-21(30)12-13-28-14-16-29(17-15-28)20-10-6-3-7-11-20/h2-11H,12-17H2,1H3,(H,26,30)(H,27,31). The van der Waals surface area contributed by atoms with Crippen LogP contribution in [0.4, 0.5) is 5.69 Å². The number of aryl methyl sites for hydroxylation is 1. The lowest BCUT2D eigenvalue weighted by Gasteiger charge is -2.36. The van der Waals surface area contributed by atoms with Crippen LogP contribution < -0.4 is 15.8 Å². The second kappa shape index (κ2) is 10.1. The van der Waals surface area contributed by atoms with E-state index in [9.17, 15) is 9.59 Å². The van der Waals surface area contributed by atoms with Gasteiger partial charge in [-0.3, -0.25) is 25.3 Å². The number of carbonyl (C=O) groups excluding carboxylic acids is 2. The van der Waals surface area contributed by atoms with E-state index < -0.39 is 5.91 Å². The zero-order chi connectivity index (χ0) is 22.3. The largest absolute Gasteiger partial charge is 0.441 e. The molecule has 4 rings (SSSR count). The molecule has 2 N–H and O–H groups in total. The Morgan fingerprint density at radius 1 is 0.938 bits per heavy atom. The van der Waals surface area contributed by atoms with Crippen LogP contribution >= 0.6 is 0 Å². The average molecular weight is 434 g/mol. The molecule has 1 aliphatic rings. The molecule has 0 aliphatic carbocycles. The highest BCUT2D eigenvalue weighted by atomic mass is 16.4. The topological polar surface area (TPSA) is 90.7 Å². The Morgan fingerprint density at radius 3 is 2.28 bits per heavy atom. The second-order valence-corrected chi connectivity index (χ2v) is 7.71. The van der Waals surface area contributed by atoms with E-state index in [-0.39, 0.29) is 11.6 Å². The first-order chi connectivity index (χ1) is 15.6. The molecule has 8 heteroatoms. The van der Waals surface area contributed by atoms with E-state index in [2.05, 4.69) is 37.8 Å². The first-order valence-electron chi connectivity index (χ1n) is 10.7. The molecule has 0 atom stereocenters. The number of aromatic nitrogens is 1. The van der Waals surface area contributed by atoms with Crippen LogP contribution in [-0.4, -0.2) is 54.4 Å². The first kappa shape index (κ1) is 21.6. The molecule has 1 fully saturated rings. The summed E-state index contributed by atoms with van der Waals surface area (Å²) >= 11 is 0. The fourth-order valence-electron chi connectivity index (χ4n) is 3.69. The van der Waals surface area contributed by atoms with Gasteiger partial charge >= 0.3 is 0 Å². The van der Waals surface area contributed by atoms with E-state index in [0.717, 1.165) is 31.7 Å². The van der Waals surface area contributed by atoms with Gasteiger partial charge in [0.25, 0.3) is 5.91 Å². The van der Waals surface area contributed by atoms with Gasteiger partial charge in [-0.25, -0.2) is 4.98 Å². The summed E-state index contributed by atoms with van der Waals surface area (Å²) in [6.07, 6.45) is 0.304. The summed E-state index contributed by atoms with van der Waals surface area (Å²) < 4.78 is 5.60. The van der Waals surface area contributed by atoms with Crippen molar-refractivity contribution in [2.45, 2.75) is 13.3 Å². The normalized spacial score (nSPS) is 14.2. The number of hydrogen-bond donors (Lipinski definition) is 2. The van der Waals surface area contributed by atoms with Crippen LogP contribution in [0.3, 0.4) is 0 Å².